The Kier molecular flexibility index (Phi) is 6.01. The predicted molar refractivity (Wildman–Crippen MR) is 125 cm³/mol. The van der Waals surface area contributed by atoms with Gasteiger partial charge in [0.15, 0.2) is 23.9 Å². The molecular formula is C25H22O6S. The second-order valence-corrected chi connectivity index (χ2v) is 8.25. The minimum atomic E-state index is -0.326. The summed E-state index contributed by atoms with van der Waals surface area (Å²) in [6.07, 6.45) is 0. The molecule has 0 spiro atoms. The van der Waals surface area contributed by atoms with Crippen LogP contribution in [0.3, 0.4) is 0 Å². The second kappa shape index (κ2) is 8.88. The van der Waals surface area contributed by atoms with Gasteiger partial charge in [0.05, 0.1) is 24.5 Å². The van der Waals surface area contributed by atoms with Crippen LogP contribution in [0.5, 0.6) is 17.2 Å². The summed E-state index contributed by atoms with van der Waals surface area (Å²) >= 11 is 1.33. The number of carbonyl (C=O) groups excluding carboxylic acids is 1. The molecule has 2 heterocycles. The van der Waals surface area contributed by atoms with E-state index in [9.17, 15) is 9.59 Å². The fourth-order valence-electron chi connectivity index (χ4n) is 3.62. The van der Waals surface area contributed by atoms with Gasteiger partial charge in [-0.05, 0) is 60.7 Å². The van der Waals surface area contributed by atoms with E-state index in [0.717, 1.165) is 11.1 Å². The van der Waals surface area contributed by atoms with Crippen molar-refractivity contribution in [2.45, 2.75) is 13.8 Å². The molecule has 0 atom stereocenters. The van der Waals surface area contributed by atoms with Crippen LogP contribution in [0.1, 0.15) is 20.8 Å². The van der Waals surface area contributed by atoms with Crippen molar-refractivity contribution in [1.29, 1.82) is 0 Å². The van der Waals surface area contributed by atoms with Crippen molar-refractivity contribution in [2.75, 3.05) is 20.8 Å². The monoisotopic (exact) mass is 450 g/mol. The lowest BCUT2D eigenvalue weighted by Crippen LogP contribution is -2.17. The molecule has 7 heteroatoms. The first-order valence-corrected chi connectivity index (χ1v) is 10.8. The highest BCUT2D eigenvalue weighted by atomic mass is 32.1. The van der Waals surface area contributed by atoms with E-state index >= 15 is 0 Å². The van der Waals surface area contributed by atoms with E-state index in [2.05, 4.69) is 0 Å². The summed E-state index contributed by atoms with van der Waals surface area (Å²) in [5.74, 6) is 1.03. The van der Waals surface area contributed by atoms with Gasteiger partial charge in [-0.2, -0.15) is 0 Å². The smallest absolute Gasteiger partial charge is 0.235 e. The summed E-state index contributed by atoms with van der Waals surface area (Å²) in [7, 11) is 3.08. The third-order valence-corrected chi connectivity index (χ3v) is 6.00. The van der Waals surface area contributed by atoms with Gasteiger partial charge >= 0.3 is 0 Å². The Morgan fingerprint density at radius 1 is 1.03 bits per heavy atom. The van der Waals surface area contributed by atoms with Gasteiger partial charge in [0.1, 0.15) is 5.58 Å². The van der Waals surface area contributed by atoms with Crippen LogP contribution in [-0.2, 0) is 0 Å². The third kappa shape index (κ3) is 3.99. The van der Waals surface area contributed by atoms with Gasteiger partial charge in [0, 0.05) is 5.56 Å². The van der Waals surface area contributed by atoms with Crippen molar-refractivity contribution >= 4 is 28.1 Å². The van der Waals surface area contributed by atoms with E-state index in [1.165, 1.54) is 18.4 Å². The Bertz CT molecular complexity index is 1350. The van der Waals surface area contributed by atoms with E-state index in [1.807, 2.05) is 31.4 Å². The SMILES string of the molecule is COc1ccc(-c2oc3cc(C)cc(C)c3c(=O)c2OCC(=O)c2cccs2)cc1OC. The van der Waals surface area contributed by atoms with Crippen LogP contribution in [-0.4, -0.2) is 26.6 Å². The molecule has 4 aromatic rings. The Morgan fingerprint density at radius 2 is 1.81 bits per heavy atom. The summed E-state index contributed by atoms with van der Waals surface area (Å²) in [6, 6.07) is 12.4. The number of aryl methyl sites for hydroxylation is 2. The van der Waals surface area contributed by atoms with E-state index < -0.39 is 0 Å². The number of hydrogen-bond donors (Lipinski definition) is 0. The molecule has 0 amide bonds. The Morgan fingerprint density at radius 3 is 2.50 bits per heavy atom. The van der Waals surface area contributed by atoms with Crippen LogP contribution in [0.25, 0.3) is 22.3 Å². The van der Waals surface area contributed by atoms with Gasteiger partial charge < -0.3 is 18.6 Å². The lowest BCUT2D eigenvalue weighted by atomic mass is 10.0. The maximum atomic E-state index is 13.5. The van der Waals surface area contributed by atoms with Crippen molar-refractivity contribution in [2.24, 2.45) is 0 Å². The molecule has 164 valence electrons. The van der Waals surface area contributed by atoms with Gasteiger partial charge in [0.25, 0.3) is 0 Å². The highest BCUT2D eigenvalue weighted by molar-refractivity contribution is 7.12. The lowest BCUT2D eigenvalue weighted by molar-refractivity contribution is 0.0924. The number of thiophene rings is 1. The maximum Gasteiger partial charge on any atom is 0.235 e. The van der Waals surface area contributed by atoms with E-state index in [-0.39, 0.29) is 29.3 Å². The fourth-order valence-corrected chi connectivity index (χ4v) is 4.27. The van der Waals surface area contributed by atoms with E-state index in [4.69, 9.17) is 18.6 Å². The molecular weight excluding hydrogens is 428 g/mol. The standard InChI is InChI=1S/C25H22O6S/c1-14-10-15(2)22-20(11-14)31-24(16-7-8-18(28-3)19(12-16)29-4)25(23(22)27)30-13-17(26)21-6-5-9-32-21/h5-12H,13H2,1-4H3. The van der Waals surface area contributed by atoms with Crippen LogP contribution in [0.4, 0.5) is 0 Å². The average molecular weight is 451 g/mol. The van der Waals surface area contributed by atoms with Crippen LogP contribution in [0.2, 0.25) is 0 Å². The average Bonchev–Trinajstić information content (AvgIpc) is 3.32. The molecule has 0 aliphatic carbocycles. The number of methoxy groups -OCH3 is 2. The second-order valence-electron chi connectivity index (χ2n) is 7.30. The molecule has 0 fully saturated rings. The normalized spacial score (nSPS) is 10.9. The zero-order valence-electron chi connectivity index (χ0n) is 18.2. The summed E-state index contributed by atoms with van der Waals surface area (Å²) in [5.41, 5.74) is 2.45. The van der Waals surface area contributed by atoms with Crippen LogP contribution in [0.15, 0.2) is 57.1 Å². The van der Waals surface area contributed by atoms with Crippen molar-refractivity contribution in [1.82, 2.24) is 0 Å². The number of fused-ring (bicyclic) bond motifs is 1. The number of hydrogen-bond acceptors (Lipinski definition) is 7. The largest absolute Gasteiger partial charge is 0.493 e. The first kappa shape index (κ1) is 21.6. The zero-order valence-corrected chi connectivity index (χ0v) is 19.0. The number of ether oxygens (including phenoxy) is 3. The first-order valence-electron chi connectivity index (χ1n) is 9.93. The van der Waals surface area contributed by atoms with Crippen LogP contribution in [0, 0.1) is 13.8 Å². The molecule has 0 bridgehead atoms. The molecule has 6 nitrogen and oxygen atoms in total. The number of rotatable bonds is 7. The number of ketones is 1. The molecule has 0 saturated heterocycles. The molecule has 0 N–H and O–H groups in total. The van der Waals surface area contributed by atoms with Gasteiger partial charge in [0.2, 0.25) is 17.0 Å². The van der Waals surface area contributed by atoms with E-state index in [0.29, 0.717) is 32.9 Å². The molecule has 0 radical (unpaired) electrons. The van der Waals surface area contributed by atoms with Gasteiger partial charge in [-0.3, -0.25) is 9.59 Å². The molecule has 2 aromatic heterocycles. The molecule has 0 saturated carbocycles. The predicted octanol–water partition coefficient (Wildman–Crippen LogP) is 5.42. The first-order chi connectivity index (χ1) is 15.4. The Balaban J connectivity index is 1.89. The molecule has 2 aromatic carbocycles. The highest BCUT2D eigenvalue weighted by Crippen LogP contribution is 2.37. The maximum absolute atomic E-state index is 13.5. The van der Waals surface area contributed by atoms with E-state index in [1.54, 1.807) is 37.4 Å². The Labute approximate surface area is 189 Å². The highest BCUT2D eigenvalue weighted by Gasteiger charge is 2.22. The van der Waals surface area contributed by atoms with Crippen molar-refractivity contribution in [3.63, 3.8) is 0 Å². The minimum Gasteiger partial charge on any atom is -0.493 e. The number of Topliss-reactive ketones (excluding diaryl/α,β-unsaturated/α-hetero) is 1. The summed E-state index contributed by atoms with van der Waals surface area (Å²) in [5, 5.41) is 2.25. The van der Waals surface area contributed by atoms with Gasteiger partial charge in [-0.1, -0.05) is 12.1 Å². The van der Waals surface area contributed by atoms with Crippen LogP contribution < -0.4 is 19.6 Å². The lowest BCUT2D eigenvalue weighted by Gasteiger charge is -2.14. The quantitative estimate of drug-likeness (QED) is 0.350. The molecule has 0 aliphatic heterocycles. The topological polar surface area (TPSA) is 75.0 Å². The van der Waals surface area contributed by atoms with Crippen molar-refractivity contribution in [3.8, 4) is 28.6 Å². The fraction of sp³-hybridized carbons (Fsp3) is 0.200. The number of carbonyl (C=O) groups is 1. The Hall–Kier alpha value is -3.58. The van der Waals surface area contributed by atoms with Gasteiger partial charge in [-0.25, -0.2) is 0 Å². The summed E-state index contributed by atoms with van der Waals surface area (Å²) in [6.45, 7) is 3.51. The van der Waals surface area contributed by atoms with Crippen LogP contribution >= 0.6 is 11.3 Å². The van der Waals surface area contributed by atoms with Gasteiger partial charge in [-0.15, -0.1) is 11.3 Å². The summed E-state index contributed by atoms with van der Waals surface area (Å²) in [4.78, 5) is 26.6. The van der Waals surface area contributed by atoms with Crippen molar-refractivity contribution in [3.05, 3.63) is 74.1 Å². The number of benzene rings is 2. The van der Waals surface area contributed by atoms with Crippen molar-refractivity contribution < 1.29 is 23.4 Å². The zero-order chi connectivity index (χ0) is 22.8. The third-order valence-electron chi connectivity index (χ3n) is 5.08. The molecule has 32 heavy (non-hydrogen) atoms. The minimum absolute atomic E-state index is 0.0124. The molecule has 0 aliphatic rings. The molecule has 4 rings (SSSR count). The molecule has 0 unspecified atom stereocenters. The summed E-state index contributed by atoms with van der Waals surface area (Å²) < 4.78 is 22.7.